The molecule has 0 spiro atoms. The van der Waals surface area contributed by atoms with Crippen molar-refractivity contribution < 1.29 is 9.59 Å². The topological polar surface area (TPSA) is 65.5 Å². The predicted molar refractivity (Wildman–Crippen MR) is 111 cm³/mol. The molecule has 2 aromatic rings. The van der Waals surface area contributed by atoms with E-state index in [1.54, 1.807) is 18.0 Å². The Morgan fingerprint density at radius 2 is 1.86 bits per heavy atom. The Balaban J connectivity index is 1.49. The SMILES string of the molecule is CN(Cc1ccc(N2CCCCC2)cc1)C(=O)CNC(=O)c1cc(Cl)ccn1. The number of hydrogen-bond donors (Lipinski definition) is 1. The number of nitrogens with one attached hydrogen (secondary N) is 1. The lowest BCUT2D eigenvalue weighted by Crippen LogP contribution is -2.38. The molecule has 1 fully saturated rings. The summed E-state index contributed by atoms with van der Waals surface area (Å²) in [5.74, 6) is -0.592. The van der Waals surface area contributed by atoms with Crippen LogP contribution in [0.3, 0.4) is 0 Å². The highest BCUT2D eigenvalue weighted by atomic mass is 35.5. The fraction of sp³-hybridized carbons (Fsp3) is 0.381. The van der Waals surface area contributed by atoms with Crippen LogP contribution in [0.2, 0.25) is 5.02 Å². The van der Waals surface area contributed by atoms with Gasteiger partial charge in [-0.15, -0.1) is 0 Å². The number of likely N-dealkylation sites (N-methyl/N-ethyl adjacent to an activating group) is 1. The van der Waals surface area contributed by atoms with Crippen LogP contribution in [0.15, 0.2) is 42.6 Å². The van der Waals surface area contributed by atoms with E-state index in [1.807, 2.05) is 0 Å². The van der Waals surface area contributed by atoms with E-state index in [4.69, 9.17) is 11.6 Å². The fourth-order valence-electron chi connectivity index (χ4n) is 3.24. The summed E-state index contributed by atoms with van der Waals surface area (Å²) in [5.41, 5.74) is 2.48. The van der Waals surface area contributed by atoms with Crippen molar-refractivity contribution in [3.63, 3.8) is 0 Å². The summed E-state index contributed by atoms with van der Waals surface area (Å²) in [7, 11) is 1.73. The molecule has 0 atom stereocenters. The number of halogens is 1. The largest absolute Gasteiger partial charge is 0.372 e. The lowest BCUT2D eigenvalue weighted by Gasteiger charge is -2.29. The van der Waals surface area contributed by atoms with Gasteiger partial charge in [-0.1, -0.05) is 23.7 Å². The molecule has 1 N–H and O–H groups in total. The summed E-state index contributed by atoms with van der Waals surface area (Å²) in [6, 6.07) is 11.4. The van der Waals surface area contributed by atoms with Gasteiger partial charge < -0.3 is 15.1 Å². The van der Waals surface area contributed by atoms with Crippen molar-refractivity contribution in [1.82, 2.24) is 15.2 Å². The number of anilines is 1. The van der Waals surface area contributed by atoms with Crippen LogP contribution >= 0.6 is 11.6 Å². The third-order valence-electron chi connectivity index (χ3n) is 4.86. The van der Waals surface area contributed by atoms with Crippen LogP contribution in [0.5, 0.6) is 0 Å². The van der Waals surface area contributed by atoms with Crippen LogP contribution in [0.1, 0.15) is 35.3 Å². The number of aromatic nitrogens is 1. The zero-order valence-corrected chi connectivity index (χ0v) is 16.8. The average molecular weight is 401 g/mol. The molecule has 0 radical (unpaired) electrons. The zero-order valence-electron chi connectivity index (χ0n) is 16.0. The van der Waals surface area contributed by atoms with Gasteiger partial charge in [-0.25, -0.2) is 0 Å². The van der Waals surface area contributed by atoms with Gasteiger partial charge in [-0.3, -0.25) is 14.6 Å². The Kier molecular flexibility index (Phi) is 6.87. The Morgan fingerprint density at radius 3 is 2.54 bits per heavy atom. The minimum atomic E-state index is -0.421. The van der Waals surface area contributed by atoms with E-state index in [1.165, 1.54) is 37.2 Å². The molecule has 1 saturated heterocycles. The Bertz CT molecular complexity index is 819. The first-order valence-electron chi connectivity index (χ1n) is 9.50. The van der Waals surface area contributed by atoms with Crippen LogP contribution in [0.4, 0.5) is 5.69 Å². The normalized spacial score (nSPS) is 13.9. The molecule has 0 saturated carbocycles. The van der Waals surface area contributed by atoms with Gasteiger partial charge in [0.25, 0.3) is 5.91 Å². The van der Waals surface area contributed by atoms with Crippen molar-refractivity contribution >= 4 is 29.1 Å². The predicted octanol–water partition coefficient (Wildman–Crippen LogP) is 3.11. The van der Waals surface area contributed by atoms with E-state index in [0.29, 0.717) is 11.6 Å². The minimum Gasteiger partial charge on any atom is -0.372 e. The number of piperidine rings is 1. The molecule has 1 aliphatic heterocycles. The fourth-order valence-corrected chi connectivity index (χ4v) is 3.40. The third-order valence-corrected chi connectivity index (χ3v) is 5.09. The van der Waals surface area contributed by atoms with Crippen molar-refractivity contribution in [1.29, 1.82) is 0 Å². The number of benzene rings is 1. The van der Waals surface area contributed by atoms with Crippen LogP contribution in [0.25, 0.3) is 0 Å². The van der Waals surface area contributed by atoms with Crippen molar-refractivity contribution in [2.45, 2.75) is 25.8 Å². The smallest absolute Gasteiger partial charge is 0.270 e. The highest BCUT2D eigenvalue weighted by molar-refractivity contribution is 6.30. The second kappa shape index (κ2) is 9.55. The van der Waals surface area contributed by atoms with Crippen molar-refractivity contribution in [2.75, 3.05) is 31.6 Å². The van der Waals surface area contributed by atoms with Crippen LogP contribution in [-0.4, -0.2) is 48.4 Å². The molecular weight excluding hydrogens is 376 g/mol. The monoisotopic (exact) mass is 400 g/mol. The third kappa shape index (κ3) is 5.45. The number of nitrogens with zero attached hydrogens (tertiary/aromatic N) is 3. The van der Waals surface area contributed by atoms with Gasteiger partial charge in [0.1, 0.15) is 5.69 Å². The Hall–Kier alpha value is -2.60. The van der Waals surface area contributed by atoms with Gasteiger partial charge in [0.15, 0.2) is 0 Å². The van der Waals surface area contributed by atoms with E-state index in [0.717, 1.165) is 18.7 Å². The first-order chi connectivity index (χ1) is 13.5. The Morgan fingerprint density at radius 1 is 1.14 bits per heavy atom. The van der Waals surface area contributed by atoms with Gasteiger partial charge in [0.05, 0.1) is 6.54 Å². The summed E-state index contributed by atoms with van der Waals surface area (Å²) >= 11 is 5.85. The van der Waals surface area contributed by atoms with Gasteiger partial charge in [0, 0.05) is 43.6 Å². The molecule has 2 amide bonds. The highest BCUT2D eigenvalue weighted by Gasteiger charge is 2.14. The molecule has 0 aliphatic carbocycles. The molecule has 0 unspecified atom stereocenters. The van der Waals surface area contributed by atoms with Gasteiger partial charge in [-0.2, -0.15) is 0 Å². The van der Waals surface area contributed by atoms with Crippen LogP contribution in [-0.2, 0) is 11.3 Å². The zero-order chi connectivity index (χ0) is 19.9. The second-order valence-electron chi connectivity index (χ2n) is 7.01. The summed E-state index contributed by atoms with van der Waals surface area (Å²) in [4.78, 5) is 32.3. The average Bonchev–Trinajstić information content (AvgIpc) is 2.73. The van der Waals surface area contributed by atoms with E-state index in [-0.39, 0.29) is 18.1 Å². The number of rotatable bonds is 6. The molecule has 1 aromatic heterocycles. The van der Waals surface area contributed by atoms with Gasteiger partial charge in [-0.05, 0) is 49.1 Å². The maximum Gasteiger partial charge on any atom is 0.270 e. The van der Waals surface area contributed by atoms with Crippen molar-refractivity contribution in [3.05, 3.63) is 58.9 Å². The lowest BCUT2D eigenvalue weighted by atomic mass is 10.1. The Labute approximate surface area is 170 Å². The van der Waals surface area contributed by atoms with Crippen LogP contribution < -0.4 is 10.2 Å². The molecule has 1 aromatic carbocycles. The molecule has 2 heterocycles. The summed E-state index contributed by atoms with van der Waals surface area (Å²) in [5, 5.41) is 3.01. The summed E-state index contributed by atoms with van der Waals surface area (Å²) in [6.07, 6.45) is 5.26. The standard InChI is InChI=1S/C21H25ClN4O2/c1-25(20(27)14-24-21(28)19-13-17(22)9-10-23-19)15-16-5-7-18(8-6-16)26-11-3-2-4-12-26/h5-10,13H,2-4,11-12,14-15H2,1H3,(H,24,28). The maximum atomic E-state index is 12.3. The maximum absolute atomic E-state index is 12.3. The lowest BCUT2D eigenvalue weighted by molar-refractivity contribution is -0.129. The molecule has 1 aliphatic rings. The van der Waals surface area contributed by atoms with E-state index in [9.17, 15) is 9.59 Å². The van der Waals surface area contributed by atoms with Crippen molar-refractivity contribution in [2.24, 2.45) is 0 Å². The number of hydrogen-bond acceptors (Lipinski definition) is 4. The molecular formula is C21H25ClN4O2. The van der Waals surface area contributed by atoms with Gasteiger partial charge >= 0.3 is 0 Å². The number of pyridine rings is 1. The van der Waals surface area contributed by atoms with Crippen LogP contribution in [0, 0.1) is 0 Å². The molecule has 28 heavy (non-hydrogen) atoms. The van der Waals surface area contributed by atoms with Crippen molar-refractivity contribution in [3.8, 4) is 0 Å². The van der Waals surface area contributed by atoms with E-state index < -0.39 is 5.91 Å². The second-order valence-corrected chi connectivity index (χ2v) is 7.44. The molecule has 0 bridgehead atoms. The molecule has 3 rings (SSSR count). The first-order valence-corrected chi connectivity index (χ1v) is 9.88. The minimum absolute atomic E-state index is 0.0879. The summed E-state index contributed by atoms with van der Waals surface area (Å²) in [6.45, 7) is 2.62. The van der Waals surface area contributed by atoms with E-state index in [2.05, 4.69) is 39.5 Å². The summed E-state index contributed by atoms with van der Waals surface area (Å²) < 4.78 is 0. The molecule has 7 heteroatoms. The quantitative estimate of drug-likeness (QED) is 0.809. The van der Waals surface area contributed by atoms with Gasteiger partial charge in [0.2, 0.25) is 5.91 Å². The highest BCUT2D eigenvalue weighted by Crippen LogP contribution is 2.20. The molecule has 6 nitrogen and oxygen atoms in total. The molecule has 148 valence electrons. The number of amides is 2. The van der Waals surface area contributed by atoms with E-state index >= 15 is 0 Å². The number of carbonyl (C=O) groups is 2. The number of carbonyl (C=O) groups excluding carboxylic acids is 2. The first kappa shape index (κ1) is 20.1.